The van der Waals surface area contributed by atoms with Crippen molar-refractivity contribution in [3.63, 3.8) is 0 Å². The number of fused-ring (bicyclic) bond motifs is 2. The van der Waals surface area contributed by atoms with Gasteiger partial charge in [0.15, 0.2) is 9.84 Å². The normalized spacial score (nSPS) is 22.4. The molecule has 18 nitrogen and oxygen atoms in total. The summed E-state index contributed by atoms with van der Waals surface area (Å²) >= 11 is 0. The number of aromatic nitrogens is 4. The molecule has 20 heteroatoms. The van der Waals surface area contributed by atoms with E-state index < -0.39 is 39.9 Å². The van der Waals surface area contributed by atoms with E-state index in [1.165, 1.54) is 14.2 Å². The molecule has 4 fully saturated rings. The molecule has 3 aromatic carbocycles. The zero-order valence-corrected chi connectivity index (χ0v) is 41.3. The van der Waals surface area contributed by atoms with Crippen LogP contribution in [-0.4, -0.2) is 136 Å². The first-order chi connectivity index (χ1) is 33.4. The van der Waals surface area contributed by atoms with Gasteiger partial charge < -0.3 is 44.7 Å². The smallest absolute Gasteiger partial charge is 0.407 e. The average molecular weight is 983 g/mol. The highest BCUT2D eigenvalue weighted by Crippen LogP contribution is 2.48. The minimum absolute atomic E-state index is 0.0327. The summed E-state index contributed by atoms with van der Waals surface area (Å²) in [6.45, 7) is 8.89. The van der Waals surface area contributed by atoms with Crippen molar-refractivity contribution in [3.05, 3.63) is 83.2 Å². The molecule has 6 heterocycles. The quantitative estimate of drug-likeness (QED) is 0.0973. The predicted molar refractivity (Wildman–Crippen MR) is 263 cm³/mol. The number of nitrogens with one attached hydrogen (secondary N) is 3. The van der Waals surface area contributed by atoms with E-state index in [1.54, 1.807) is 26.8 Å². The molecule has 4 saturated heterocycles. The third-order valence-electron chi connectivity index (χ3n) is 14.8. The third kappa shape index (κ3) is 9.33. The highest BCUT2D eigenvalue weighted by molar-refractivity contribution is 7.91. The lowest BCUT2D eigenvalue weighted by Crippen LogP contribution is -2.51. The van der Waals surface area contributed by atoms with Crippen LogP contribution < -0.4 is 15.1 Å². The van der Waals surface area contributed by atoms with Gasteiger partial charge in [0.05, 0.1) is 70.5 Å². The fraction of sp³-hybridized carbons (Fsp3) is 0.520. The number of hydrogen-bond acceptors (Lipinski definition) is 11. The number of halogens is 1. The summed E-state index contributed by atoms with van der Waals surface area (Å²) < 4.78 is 45.7. The molecule has 4 aliphatic heterocycles. The third-order valence-corrected chi connectivity index (χ3v) is 16.4. The average Bonchev–Trinajstić information content (AvgIpc) is 4.18. The lowest BCUT2D eigenvalue weighted by molar-refractivity contribution is -0.138. The predicted octanol–water partition coefficient (Wildman–Crippen LogP) is 7.24. The molecule has 6 atom stereocenters. The fourth-order valence-electron chi connectivity index (χ4n) is 11.2. The number of methoxy groups -OCH3 is 1. The number of likely N-dealkylation sites (N-methyl/N-ethyl adjacent to an activating group) is 1. The van der Waals surface area contributed by atoms with Gasteiger partial charge in [-0.05, 0) is 104 Å². The molecule has 0 aliphatic carbocycles. The number of aromatic amines is 2. The number of ether oxygens (including phenoxy) is 1. The Morgan fingerprint density at radius 1 is 0.757 bits per heavy atom. The number of H-pyrrole nitrogens is 2. The van der Waals surface area contributed by atoms with Crippen molar-refractivity contribution in [2.24, 2.45) is 11.8 Å². The van der Waals surface area contributed by atoms with E-state index in [0.29, 0.717) is 54.5 Å². The van der Waals surface area contributed by atoms with Gasteiger partial charge in [0.2, 0.25) is 11.8 Å². The van der Waals surface area contributed by atoms with Gasteiger partial charge in [-0.3, -0.25) is 14.5 Å². The van der Waals surface area contributed by atoms with Crippen molar-refractivity contribution >= 4 is 67.3 Å². The first kappa shape index (κ1) is 48.6. The minimum Gasteiger partial charge on any atom is -0.465 e. The molecule has 0 radical (unpaired) electrons. The van der Waals surface area contributed by atoms with Gasteiger partial charge in [-0.1, -0.05) is 39.8 Å². The molecule has 2 aromatic heterocycles. The Labute approximate surface area is 406 Å². The first-order valence-electron chi connectivity index (χ1n) is 24.4. The van der Waals surface area contributed by atoms with E-state index in [-0.39, 0.29) is 72.4 Å². The van der Waals surface area contributed by atoms with Crippen LogP contribution >= 0.6 is 0 Å². The number of benzene rings is 3. The summed E-state index contributed by atoms with van der Waals surface area (Å²) in [5, 5.41) is 12.5. The molecule has 0 spiro atoms. The lowest BCUT2D eigenvalue weighted by atomic mass is 10.0. The maximum Gasteiger partial charge on any atom is 0.407 e. The molecule has 5 aromatic rings. The van der Waals surface area contributed by atoms with Gasteiger partial charge in [-0.25, -0.2) is 32.4 Å². The first-order valence-corrected chi connectivity index (χ1v) is 26.2. The summed E-state index contributed by atoms with van der Waals surface area (Å²) in [6, 6.07) is 14.7. The number of hydrogen-bond donors (Lipinski definition) is 4. The number of imidazole rings is 2. The zero-order valence-electron chi connectivity index (χ0n) is 40.5. The molecule has 0 unspecified atom stereocenters. The number of carboxylic acid groups (broad SMARTS) is 1. The Bertz CT molecular complexity index is 2910. The Balaban J connectivity index is 1.03. The fourth-order valence-corrected chi connectivity index (χ4v) is 12.4. The van der Waals surface area contributed by atoms with Crippen LogP contribution in [0.3, 0.4) is 0 Å². The number of rotatable bonds is 12. The van der Waals surface area contributed by atoms with E-state index in [1.807, 2.05) is 52.0 Å². The molecule has 374 valence electrons. The second kappa shape index (κ2) is 19.4. The highest BCUT2D eigenvalue weighted by atomic mass is 32.2. The summed E-state index contributed by atoms with van der Waals surface area (Å²) in [5.41, 5.74) is 6.00. The molecule has 4 amide bonds. The molecule has 4 aliphatic rings. The van der Waals surface area contributed by atoms with Crippen LogP contribution in [0.15, 0.2) is 54.6 Å². The lowest BCUT2D eigenvalue weighted by Gasteiger charge is -2.34. The zero-order chi connectivity index (χ0) is 49.8. The second-order valence-corrected chi connectivity index (χ2v) is 22.2. The van der Waals surface area contributed by atoms with Crippen molar-refractivity contribution in [2.45, 2.75) is 102 Å². The number of likely N-dealkylation sites (tertiary alicyclic amines) is 2. The molecule has 0 saturated carbocycles. The van der Waals surface area contributed by atoms with Gasteiger partial charge in [0.25, 0.3) is 0 Å². The van der Waals surface area contributed by atoms with Crippen LogP contribution in [0.2, 0.25) is 0 Å². The minimum atomic E-state index is -3.17. The molecule has 9 rings (SSSR count). The Morgan fingerprint density at radius 2 is 1.30 bits per heavy atom. The van der Waals surface area contributed by atoms with Crippen molar-refractivity contribution < 1.29 is 41.8 Å². The van der Waals surface area contributed by atoms with E-state index >= 15 is 4.39 Å². The molecule has 70 heavy (non-hydrogen) atoms. The van der Waals surface area contributed by atoms with Crippen LogP contribution in [0.4, 0.5) is 25.4 Å². The molecule has 0 bridgehead atoms. The largest absolute Gasteiger partial charge is 0.465 e. The highest BCUT2D eigenvalue weighted by Gasteiger charge is 2.42. The summed E-state index contributed by atoms with van der Waals surface area (Å²) in [6.07, 6.45) is 2.53. The monoisotopic (exact) mass is 982 g/mol. The van der Waals surface area contributed by atoms with Gasteiger partial charge in [-0.2, -0.15) is 0 Å². The van der Waals surface area contributed by atoms with Crippen molar-refractivity contribution in [1.82, 2.24) is 40.0 Å². The maximum atomic E-state index is 16.4. The maximum absolute atomic E-state index is 16.4. The second-order valence-electron chi connectivity index (χ2n) is 19.9. The number of anilines is 2. The van der Waals surface area contributed by atoms with E-state index in [9.17, 15) is 32.7 Å². The van der Waals surface area contributed by atoms with E-state index in [2.05, 4.69) is 38.4 Å². The van der Waals surface area contributed by atoms with Gasteiger partial charge in [0.1, 0.15) is 29.5 Å². The Kier molecular flexibility index (Phi) is 13.5. The number of alkyl carbamates (subject to hydrolysis) is 1. The summed E-state index contributed by atoms with van der Waals surface area (Å²) in [4.78, 5) is 77.8. The summed E-state index contributed by atoms with van der Waals surface area (Å²) in [5.74, 6) is -0.0585. The summed E-state index contributed by atoms with van der Waals surface area (Å²) in [7, 11) is -0.468. The van der Waals surface area contributed by atoms with Crippen molar-refractivity contribution in [1.29, 1.82) is 0 Å². The number of nitrogens with zero attached hydrogens (tertiary/aromatic N) is 7. The van der Waals surface area contributed by atoms with Crippen LogP contribution in [0.1, 0.15) is 113 Å². The van der Waals surface area contributed by atoms with Crippen LogP contribution in [0.5, 0.6) is 0 Å². The Hall–Kier alpha value is -6.44. The van der Waals surface area contributed by atoms with Crippen LogP contribution in [-0.2, 0) is 24.2 Å². The van der Waals surface area contributed by atoms with Gasteiger partial charge in [0, 0.05) is 38.9 Å². The number of amides is 4. The van der Waals surface area contributed by atoms with Crippen molar-refractivity contribution in [3.8, 4) is 0 Å². The number of carbonyl (C=O) groups is 4. The number of sulfone groups is 1. The topological polar surface area (TPSA) is 217 Å². The molecular formula is C50H63FN10O8S. The standard InChI is InChI=1S/C50H63FN10O8S/c1-28(2)43(56-49(64)69-6)47(62)59-19-7-9-41(59)45-52-34-14-11-30(25-36(34)54-45)38-17-18-39(61(38)32-13-16-40(33(51)27-32)58-21-23-70(67,68)24-22-58)31-12-15-35-37(26-31)55-46(53-35)42-10-8-20-60(42)48(63)44(29(3)4)57(5)50(65)66/h11-16,25-29,38-39,41-44H,7-10,17-24H2,1-6H3,(H,52,54)(H,53,55)(H,56,64)(H,65,66)/t38-,39-,41+,42+,43+,44+/m1/s1. The Morgan fingerprint density at radius 3 is 1.79 bits per heavy atom. The van der Waals surface area contributed by atoms with Crippen LogP contribution in [0.25, 0.3) is 22.1 Å². The van der Waals surface area contributed by atoms with Gasteiger partial charge in [-0.15, -0.1) is 0 Å². The van der Waals surface area contributed by atoms with Crippen molar-refractivity contribution in [2.75, 3.05) is 61.6 Å². The molecule has 4 N–H and O–H groups in total. The van der Waals surface area contributed by atoms with Crippen LogP contribution in [0, 0.1) is 17.7 Å². The van der Waals surface area contributed by atoms with E-state index in [4.69, 9.17) is 14.7 Å². The SMILES string of the molecule is COC(=O)N[C@H](C(=O)N1CCC[C@H]1c1nc2cc([C@H]3CC[C@H](c4ccc5[nH]c([C@@H]6CCCN6C(=O)[C@H](C(C)C)N(C)C(=O)O)nc5c4)N3c3ccc(N4CCS(=O)(=O)CC4)c(F)c3)ccc2[nH]1)C(C)C. The number of carbonyl (C=O) groups excluding carboxylic acids is 3. The van der Waals surface area contributed by atoms with E-state index in [0.717, 1.165) is 58.3 Å². The molecular weight excluding hydrogens is 920 g/mol. The van der Waals surface area contributed by atoms with Gasteiger partial charge >= 0.3 is 12.2 Å².